The lowest BCUT2D eigenvalue weighted by atomic mass is 10.0. The maximum Gasteiger partial charge on any atom is 0.131 e. The van der Waals surface area contributed by atoms with Gasteiger partial charge in [-0.25, -0.2) is 4.98 Å². The minimum atomic E-state index is 0.715. The van der Waals surface area contributed by atoms with Crippen molar-refractivity contribution in [2.75, 3.05) is 5.73 Å². The molecule has 0 amide bonds. The van der Waals surface area contributed by atoms with Crippen LogP contribution in [0.1, 0.15) is 43.5 Å². The summed E-state index contributed by atoms with van der Waals surface area (Å²) in [6, 6.07) is 8.57. The summed E-state index contributed by atoms with van der Waals surface area (Å²) >= 11 is 0. The second-order valence-electron chi connectivity index (χ2n) is 5.43. The molecule has 3 heteroatoms. The Labute approximate surface area is 114 Å². The van der Waals surface area contributed by atoms with Gasteiger partial charge in [-0.3, -0.25) is 0 Å². The van der Waals surface area contributed by atoms with E-state index in [4.69, 9.17) is 10.7 Å². The van der Waals surface area contributed by atoms with Crippen LogP contribution in [0.3, 0.4) is 0 Å². The van der Waals surface area contributed by atoms with Crippen molar-refractivity contribution in [3.05, 3.63) is 35.7 Å². The Hall–Kier alpha value is -1.77. The Bertz CT molecular complexity index is 594. The number of hydrogen-bond donors (Lipinski definition) is 1. The van der Waals surface area contributed by atoms with Gasteiger partial charge in [0.15, 0.2) is 0 Å². The quantitative estimate of drug-likeness (QED) is 0.908. The number of aryl methyl sites for hydroxylation is 1. The van der Waals surface area contributed by atoms with Crippen molar-refractivity contribution in [1.82, 2.24) is 9.55 Å². The molecule has 0 saturated heterocycles. The van der Waals surface area contributed by atoms with Crippen LogP contribution in [0.25, 0.3) is 11.3 Å². The van der Waals surface area contributed by atoms with E-state index in [1.165, 1.54) is 24.0 Å². The van der Waals surface area contributed by atoms with Gasteiger partial charge < -0.3 is 10.3 Å². The highest BCUT2D eigenvalue weighted by Crippen LogP contribution is 2.45. The first-order chi connectivity index (χ1) is 9.22. The van der Waals surface area contributed by atoms with Crippen LogP contribution in [0.2, 0.25) is 0 Å². The molecular weight excluding hydrogens is 234 g/mol. The lowest BCUT2D eigenvalue weighted by molar-refractivity contribution is 0.764. The summed E-state index contributed by atoms with van der Waals surface area (Å²) in [4.78, 5) is 4.78. The van der Waals surface area contributed by atoms with Gasteiger partial charge in [-0.15, -0.1) is 0 Å². The van der Waals surface area contributed by atoms with Crippen molar-refractivity contribution in [2.24, 2.45) is 7.05 Å². The average Bonchev–Trinajstić information content (AvgIpc) is 3.23. The van der Waals surface area contributed by atoms with E-state index in [1.54, 1.807) is 0 Å². The van der Waals surface area contributed by atoms with Crippen molar-refractivity contribution in [3.63, 3.8) is 0 Å². The van der Waals surface area contributed by atoms with Crippen LogP contribution in [-0.4, -0.2) is 9.55 Å². The van der Waals surface area contributed by atoms with E-state index in [2.05, 4.69) is 31.2 Å². The molecule has 1 aliphatic carbocycles. The average molecular weight is 255 g/mol. The van der Waals surface area contributed by atoms with E-state index in [9.17, 15) is 0 Å². The van der Waals surface area contributed by atoms with Gasteiger partial charge in [-0.2, -0.15) is 0 Å². The molecule has 0 atom stereocenters. The van der Waals surface area contributed by atoms with Crippen molar-refractivity contribution in [2.45, 2.75) is 38.5 Å². The van der Waals surface area contributed by atoms with Crippen LogP contribution >= 0.6 is 0 Å². The molecule has 1 fully saturated rings. The fourth-order valence-corrected chi connectivity index (χ4v) is 2.67. The van der Waals surface area contributed by atoms with E-state index in [0.717, 1.165) is 30.2 Å². The van der Waals surface area contributed by atoms with Crippen LogP contribution in [0, 0.1) is 0 Å². The molecule has 0 bridgehead atoms. The molecule has 2 aromatic rings. The van der Waals surface area contributed by atoms with Crippen molar-refractivity contribution in [1.29, 1.82) is 0 Å². The second-order valence-corrected chi connectivity index (χ2v) is 5.43. The summed E-state index contributed by atoms with van der Waals surface area (Å²) in [6.07, 6.45) is 4.66. The number of nitrogen functional groups attached to an aromatic ring is 1. The van der Waals surface area contributed by atoms with Crippen LogP contribution in [0.4, 0.5) is 5.82 Å². The molecule has 1 saturated carbocycles. The lowest BCUT2D eigenvalue weighted by Gasteiger charge is -2.07. The largest absolute Gasteiger partial charge is 0.383 e. The predicted molar refractivity (Wildman–Crippen MR) is 79.0 cm³/mol. The minimum Gasteiger partial charge on any atom is -0.383 e. The molecule has 1 aromatic heterocycles. The number of hydrogen-bond acceptors (Lipinski definition) is 2. The third kappa shape index (κ3) is 2.14. The summed E-state index contributed by atoms with van der Waals surface area (Å²) in [5, 5.41) is 0. The fourth-order valence-electron chi connectivity index (χ4n) is 2.67. The Morgan fingerprint density at radius 2 is 2.05 bits per heavy atom. The van der Waals surface area contributed by atoms with Crippen molar-refractivity contribution in [3.8, 4) is 11.3 Å². The lowest BCUT2D eigenvalue weighted by Crippen LogP contribution is -2.01. The summed E-state index contributed by atoms with van der Waals surface area (Å²) in [5.74, 6) is 2.59. The minimum absolute atomic E-state index is 0.715. The summed E-state index contributed by atoms with van der Waals surface area (Å²) in [7, 11) is 2.01. The molecule has 100 valence electrons. The molecule has 0 unspecified atom stereocenters. The predicted octanol–water partition coefficient (Wildman–Crippen LogP) is 3.50. The summed E-state index contributed by atoms with van der Waals surface area (Å²) < 4.78 is 2.03. The molecule has 2 N–H and O–H groups in total. The highest BCUT2D eigenvalue weighted by Gasteiger charge is 2.27. The molecule has 3 rings (SSSR count). The summed E-state index contributed by atoms with van der Waals surface area (Å²) in [5.41, 5.74) is 9.86. The number of nitrogens with two attached hydrogens (primary N) is 1. The van der Waals surface area contributed by atoms with Gasteiger partial charge in [-0.1, -0.05) is 31.2 Å². The van der Waals surface area contributed by atoms with Crippen LogP contribution in [-0.2, 0) is 13.5 Å². The molecule has 0 spiro atoms. The third-order valence-electron chi connectivity index (χ3n) is 3.94. The molecule has 19 heavy (non-hydrogen) atoms. The highest BCUT2D eigenvalue weighted by molar-refractivity contribution is 5.74. The Kier molecular flexibility index (Phi) is 3.05. The SMILES string of the molecule is CCCc1nc(-c2ccccc2C2CC2)c(N)n1C. The van der Waals surface area contributed by atoms with E-state index < -0.39 is 0 Å². The number of rotatable bonds is 4. The Balaban J connectivity index is 2.09. The van der Waals surface area contributed by atoms with Gasteiger partial charge >= 0.3 is 0 Å². The normalized spacial score (nSPS) is 14.8. The van der Waals surface area contributed by atoms with Gasteiger partial charge in [0.05, 0.1) is 0 Å². The van der Waals surface area contributed by atoms with Gasteiger partial charge in [0, 0.05) is 19.0 Å². The van der Waals surface area contributed by atoms with E-state index in [-0.39, 0.29) is 0 Å². The smallest absolute Gasteiger partial charge is 0.131 e. The van der Waals surface area contributed by atoms with Gasteiger partial charge in [0.1, 0.15) is 17.3 Å². The molecule has 1 aliphatic rings. The summed E-state index contributed by atoms with van der Waals surface area (Å²) in [6.45, 7) is 2.17. The maximum atomic E-state index is 6.26. The topological polar surface area (TPSA) is 43.8 Å². The monoisotopic (exact) mass is 255 g/mol. The van der Waals surface area contributed by atoms with E-state index in [1.807, 2.05) is 11.6 Å². The van der Waals surface area contributed by atoms with Crippen LogP contribution in [0.5, 0.6) is 0 Å². The van der Waals surface area contributed by atoms with Crippen LogP contribution in [0.15, 0.2) is 24.3 Å². The number of anilines is 1. The first kappa shape index (κ1) is 12.3. The highest BCUT2D eigenvalue weighted by atomic mass is 15.1. The number of nitrogens with zero attached hydrogens (tertiary/aromatic N) is 2. The molecule has 1 aromatic carbocycles. The number of benzene rings is 1. The zero-order valence-corrected chi connectivity index (χ0v) is 11.7. The van der Waals surface area contributed by atoms with Crippen molar-refractivity contribution >= 4 is 5.82 Å². The molecule has 0 aliphatic heterocycles. The zero-order valence-electron chi connectivity index (χ0n) is 11.7. The van der Waals surface area contributed by atoms with Gasteiger partial charge in [0.2, 0.25) is 0 Å². The Morgan fingerprint density at radius 3 is 2.74 bits per heavy atom. The first-order valence-electron chi connectivity index (χ1n) is 7.12. The van der Waals surface area contributed by atoms with Gasteiger partial charge in [0.25, 0.3) is 0 Å². The molecule has 1 heterocycles. The standard InChI is InChI=1S/C16H21N3/c1-3-6-14-18-15(16(17)19(14)2)13-8-5-4-7-12(13)11-9-10-11/h4-5,7-8,11H,3,6,9-10,17H2,1-2H3. The Morgan fingerprint density at radius 1 is 1.32 bits per heavy atom. The molecular formula is C16H21N3. The zero-order chi connectivity index (χ0) is 13.4. The van der Waals surface area contributed by atoms with Gasteiger partial charge in [-0.05, 0) is 30.7 Å². The molecule has 3 nitrogen and oxygen atoms in total. The number of imidazole rings is 1. The maximum absolute atomic E-state index is 6.26. The van der Waals surface area contributed by atoms with E-state index in [0.29, 0.717) is 5.92 Å². The number of aromatic nitrogens is 2. The second kappa shape index (κ2) is 4.72. The van der Waals surface area contributed by atoms with Crippen LogP contribution < -0.4 is 5.73 Å². The van der Waals surface area contributed by atoms with Crippen molar-refractivity contribution < 1.29 is 0 Å². The molecule has 0 radical (unpaired) electrons. The van der Waals surface area contributed by atoms with E-state index >= 15 is 0 Å². The fraction of sp³-hybridized carbons (Fsp3) is 0.438. The first-order valence-corrected chi connectivity index (χ1v) is 7.12. The third-order valence-corrected chi connectivity index (χ3v) is 3.94.